The predicted molar refractivity (Wildman–Crippen MR) is 67.3 cm³/mol. The molecule has 4 nitrogen and oxygen atoms in total. The number of hydrogen-bond donors (Lipinski definition) is 0. The number of rotatable bonds is 0. The second-order valence-electron chi connectivity index (χ2n) is 3.80. The Morgan fingerprint density at radius 1 is 0.611 bits per heavy atom. The topological polar surface area (TPSA) is 60.4 Å². The summed E-state index contributed by atoms with van der Waals surface area (Å²) in [6.07, 6.45) is 0. The molecule has 0 fully saturated rings. The lowest BCUT2D eigenvalue weighted by Gasteiger charge is -1.92. The van der Waals surface area contributed by atoms with Crippen LogP contribution in [0.25, 0.3) is 21.9 Å². The van der Waals surface area contributed by atoms with Crippen molar-refractivity contribution in [3.8, 4) is 0 Å². The summed E-state index contributed by atoms with van der Waals surface area (Å²) < 4.78 is 10.3. The van der Waals surface area contributed by atoms with E-state index in [2.05, 4.69) is 0 Å². The molecule has 0 radical (unpaired) electrons. The van der Waals surface area contributed by atoms with Gasteiger partial charge in [-0.3, -0.25) is 0 Å². The minimum absolute atomic E-state index is 0.199. The van der Waals surface area contributed by atoms with Gasteiger partial charge in [0.15, 0.2) is 0 Å². The van der Waals surface area contributed by atoms with Crippen LogP contribution in [0.3, 0.4) is 0 Å². The van der Waals surface area contributed by atoms with Crippen LogP contribution in [0.2, 0.25) is 0 Å². The van der Waals surface area contributed by atoms with E-state index in [1.165, 1.54) is 12.1 Å². The maximum Gasteiger partial charge on any atom is 0.344 e. The maximum absolute atomic E-state index is 11.9. The van der Waals surface area contributed by atoms with Gasteiger partial charge in [-0.15, -0.1) is 0 Å². The van der Waals surface area contributed by atoms with E-state index in [0.29, 0.717) is 11.2 Å². The lowest BCUT2D eigenvalue weighted by atomic mass is 10.2. The zero-order valence-corrected chi connectivity index (χ0v) is 9.25. The van der Waals surface area contributed by atoms with Gasteiger partial charge in [0.05, 0.1) is 10.8 Å². The first-order valence-electron chi connectivity index (χ1n) is 5.37. The smallest absolute Gasteiger partial charge is 0.344 e. The van der Waals surface area contributed by atoms with E-state index < -0.39 is 11.3 Å². The molecular formula is C14H8O4. The predicted octanol–water partition coefficient (Wildman–Crippen LogP) is 2.46. The molecule has 0 saturated heterocycles. The lowest BCUT2D eigenvalue weighted by molar-refractivity contribution is 0.555. The summed E-state index contributed by atoms with van der Waals surface area (Å²) in [4.78, 5) is 23.9. The second kappa shape index (κ2) is 4.00. The molecule has 4 heteroatoms. The van der Waals surface area contributed by atoms with E-state index >= 15 is 0 Å². The molecule has 2 heterocycles. The highest BCUT2D eigenvalue weighted by Gasteiger charge is 2.01. The van der Waals surface area contributed by atoms with E-state index in [9.17, 15) is 9.59 Å². The lowest BCUT2D eigenvalue weighted by Crippen LogP contribution is -2.03. The summed E-state index contributed by atoms with van der Waals surface area (Å²) in [5.41, 5.74) is -0.317. The van der Waals surface area contributed by atoms with Crippen LogP contribution in [-0.4, -0.2) is 0 Å². The standard InChI is InChI=1S/C14H8O4/c15-13-11-3-1-2-4-12(11)14(16)18-10-7-5-9(17-13)6-8-10/h1-8H. The Labute approximate surface area is 101 Å². The number of fused-ring (bicyclic) bond motifs is 4. The molecule has 18 heavy (non-hydrogen) atoms. The molecule has 0 aliphatic carbocycles. The highest BCUT2D eigenvalue weighted by atomic mass is 16.4. The maximum atomic E-state index is 11.9. The second-order valence-corrected chi connectivity index (χ2v) is 3.80. The Morgan fingerprint density at radius 3 is 1.39 bits per heavy atom. The monoisotopic (exact) mass is 240 g/mol. The first kappa shape index (κ1) is 10.5. The minimum Gasteiger partial charge on any atom is -0.423 e. The molecule has 0 atom stereocenters. The molecule has 0 saturated carbocycles. The summed E-state index contributed by atoms with van der Waals surface area (Å²) in [5, 5.41) is 0.398. The quantitative estimate of drug-likeness (QED) is 0.605. The molecule has 0 N–H and O–H groups in total. The Kier molecular flexibility index (Phi) is 2.34. The largest absolute Gasteiger partial charge is 0.423 e. The summed E-state index contributed by atoms with van der Waals surface area (Å²) in [6.45, 7) is 0. The van der Waals surface area contributed by atoms with Gasteiger partial charge >= 0.3 is 11.3 Å². The third-order valence-corrected chi connectivity index (χ3v) is 2.61. The Balaban J connectivity index is 2.70. The minimum atomic E-state index is -0.572. The van der Waals surface area contributed by atoms with Gasteiger partial charge in [-0.25, -0.2) is 9.59 Å². The van der Waals surface area contributed by atoms with Crippen LogP contribution in [0, 0.1) is 0 Å². The van der Waals surface area contributed by atoms with Crippen LogP contribution in [-0.2, 0) is 0 Å². The highest BCUT2D eigenvalue weighted by molar-refractivity contribution is 5.79. The van der Waals surface area contributed by atoms with Crippen molar-refractivity contribution in [1.29, 1.82) is 0 Å². The van der Waals surface area contributed by atoms with Crippen LogP contribution in [0.4, 0.5) is 0 Å². The average molecular weight is 240 g/mol. The van der Waals surface area contributed by atoms with Crippen molar-refractivity contribution in [1.82, 2.24) is 0 Å². The highest BCUT2D eigenvalue weighted by Crippen LogP contribution is 2.07. The van der Waals surface area contributed by atoms with Crippen molar-refractivity contribution < 1.29 is 8.83 Å². The fourth-order valence-corrected chi connectivity index (χ4v) is 1.74. The summed E-state index contributed by atoms with van der Waals surface area (Å²) in [6, 6.07) is 12.7. The molecule has 4 rings (SSSR count). The zero-order chi connectivity index (χ0) is 12.5. The summed E-state index contributed by atoms with van der Waals surface area (Å²) in [5.74, 6) is 0. The first-order valence-corrected chi connectivity index (χ1v) is 5.37. The third kappa shape index (κ3) is 1.73. The number of hydrogen-bond acceptors (Lipinski definition) is 4. The van der Waals surface area contributed by atoms with Crippen molar-refractivity contribution >= 4 is 21.9 Å². The molecule has 2 aromatic heterocycles. The van der Waals surface area contributed by atoms with Gasteiger partial charge in [0.2, 0.25) is 0 Å². The molecule has 4 aromatic rings. The van der Waals surface area contributed by atoms with E-state index in [0.717, 1.165) is 0 Å². The zero-order valence-electron chi connectivity index (χ0n) is 9.25. The first-order chi connectivity index (χ1) is 8.74. The van der Waals surface area contributed by atoms with Crippen molar-refractivity contribution in [3.05, 3.63) is 69.4 Å². The SMILES string of the molecule is O=c1oc2ccc(cc2)oc(=O)c2ccccc12. The van der Waals surface area contributed by atoms with Crippen molar-refractivity contribution in [2.24, 2.45) is 0 Å². The van der Waals surface area contributed by atoms with E-state index in [-0.39, 0.29) is 10.8 Å². The number of benzene rings is 2. The molecule has 88 valence electrons. The molecule has 0 spiro atoms. The van der Waals surface area contributed by atoms with Crippen molar-refractivity contribution in [2.75, 3.05) is 0 Å². The Hall–Kier alpha value is -2.62. The van der Waals surface area contributed by atoms with Crippen LogP contribution < -0.4 is 11.3 Å². The van der Waals surface area contributed by atoms with E-state index in [1.54, 1.807) is 36.4 Å². The van der Waals surface area contributed by atoms with Gasteiger partial charge in [0.1, 0.15) is 11.2 Å². The van der Waals surface area contributed by atoms with Gasteiger partial charge in [-0.2, -0.15) is 0 Å². The summed E-state index contributed by atoms with van der Waals surface area (Å²) in [7, 11) is 0. The van der Waals surface area contributed by atoms with E-state index in [1.807, 2.05) is 0 Å². The normalized spacial score (nSPS) is 10.7. The van der Waals surface area contributed by atoms with Crippen LogP contribution in [0.5, 0.6) is 0 Å². The van der Waals surface area contributed by atoms with Crippen molar-refractivity contribution in [2.45, 2.75) is 0 Å². The van der Waals surface area contributed by atoms with E-state index in [4.69, 9.17) is 8.83 Å². The molecule has 2 bridgehead atoms. The van der Waals surface area contributed by atoms with Crippen LogP contribution >= 0.6 is 0 Å². The van der Waals surface area contributed by atoms with Gasteiger partial charge < -0.3 is 8.83 Å². The fraction of sp³-hybridized carbons (Fsp3) is 0. The van der Waals surface area contributed by atoms with Gasteiger partial charge in [0, 0.05) is 0 Å². The summed E-state index contributed by atoms with van der Waals surface area (Å²) >= 11 is 0. The Bertz CT molecular complexity index is 778. The fourth-order valence-electron chi connectivity index (χ4n) is 1.74. The molecular weight excluding hydrogens is 232 g/mol. The molecule has 0 aliphatic heterocycles. The van der Waals surface area contributed by atoms with Gasteiger partial charge in [-0.05, 0) is 36.4 Å². The van der Waals surface area contributed by atoms with Gasteiger partial charge in [-0.1, -0.05) is 12.1 Å². The molecule has 0 amide bonds. The third-order valence-electron chi connectivity index (χ3n) is 2.61. The van der Waals surface area contributed by atoms with Crippen LogP contribution in [0.15, 0.2) is 67.0 Å². The Morgan fingerprint density at radius 2 is 1.00 bits per heavy atom. The average Bonchev–Trinajstić information content (AvgIpc) is 2.40. The molecule has 0 unspecified atom stereocenters. The van der Waals surface area contributed by atoms with Crippen molar-refractivity contribution in [3.63, 3.8) is 0 Å². The van der Waals surface area contributed by atoms with Gasteiger partial charge in [0.25, 0.3) is 0 Å². The van der Waals surface area contributed by atoms with Crippen LogP contribution in [0.1, 0.15) is 0 Å². The molecule has 0 aliphatic rings. The molecule has 2 aromatic carbocycles.